The second-order valence-corrected chi connectivity index (χ2v) is 10.7. The van der Waals surface area contributed by atoms with Gasteiger partial charge >= 0.3 is 0 Å². The molecule has 1 aromatic rings. The van der Waals surface area contributed by atoms with Crippen molar-refractivity contribution in [3.63, 3.8) is 0 Å². The molecule has 0 unspecified atom stereocenters. The molecule has 0 spiro atoms. The van der Waals surface area contributed by atoms with Gasteiger partial charge in [-0.05, 0) is 30.3 Å². The highest BCUT2D eigenvalue weighted by Crippen LogP contribution is 2.38. The number of hydrogen-bond donors (Lipinski definition) is 0. The first-order valence-electron chi connectivity index (χ1n) is 6.21. The third kappa shape index (κ3) is 3.16. The van der Waals surface area contributed by atoms with Gasteiger partial charge in [0, 0.05) is 11.6 Å². The Morgan fingerprint density at radius 2 is 1.83 bits per heavy atom. The minimum Gasteiger partial charge on any atom is -0.543 e. The molecule has 1 rings (SSSR count). The van der Waals surface area contributed by atoms with Crippen LogP contribution in [0.15, 0.2) is 24.8 Å². The first kappa shape index (κ1) is 14.8. The van der Waals surface area contributed by atoms with Crippen LogP contribution in [-0.4, -0.2) is 15.4 Å². The Kier molecular flexibility index (Phi) is 4.27. The molecule has 0 fully saturated rings. The van der Waals surface area contributed by atoms with Crippen molar-refractivity contribution in [2.75, 3.05) is 7.11 Å². The van der Waals surface area contributed by atoms with E-state index >= 15 is 0 Å². The Morgan fingerprint density at radius 3 is 2.28 bits per heavy atom. The zero-order valence-corrected chi connectivity index (χ0v) is 13.3. The van der Waals surface area contributed by atoms with Gasteiger partial charge < -0.3 is 9.16 Å². The lowest BCUT2D eigenvalue weighted by Crippen LogP contribution is -2.43. The van der Waals surface area contributed by atoms with Gasteiger partial charge in [-0.3, -0.25) is 0 Å². The van der Waals surface area contributed by atoms with Gasteiger partial charge in [-0.25, -0.2) is 0 Å². The molecule has 0 saturated heterocycles. The molecule has 1 aromatic carbocycles. The molecule has 0 aliphatic heterocycles. The quantitative estimate of drug-likeness (QED) is 0.732. The highest BCUT2D eigenvalue weighted by molar-refractivity contribution is 6.74. The second kappa shape index (κ2) is 5.18. The molecule has 0 amide bonds. The van der Waals surface area contributed by atoms with Gasteiger partial charge in [-0.1, -0.05) is 33.4 Å². The fraction of sp³-hybridized carbons (Fsp3) is 0.467. The molecule has 2 nitrogen and oxygen atoms in total. The second-order valence-electron chi connectivity index (χ2n) is 5.97. The van der Waals surface area contributed by atoms with Crippen LogP contribution in [0, 0.1) is 0 Å². The molecule has 0 aliphatic carbocycles. The lowest BCUT2D eigenvalue weighted by Gasteiger charge is -2.36. The maximum atomic E-state index is 6.23. The van der Waals surface area contributed by atoms with Crippen LogP contribution in [-0.2, 0) is 0 Å². The Morgan fingerprint density at radius 1 is 1.22 bits per heavy atom. The smallest absolute Gasteiger partial charge is 0.250 e. The van der Waals surface area contributed by atoms with E-state index in [0.717, 1.165) is 17.1 Å². The van der Waals surface area contributed by atoms with Crippen molar-refractivity contribution in [3.05, 3.63) is 30.3 Å². The largest absolute Gasteiger partial charge is 0.543 e. The minimum absolute atomic E-state index is 0.192. The summed E-state index contributed by atoms with van der Waals surface area (Å²) in [6.45, 7) is 14.9. The highest BCUT2D eigenvalue weighted by atomic mass is 28.4. The summed E-state index contributed by atoms with van der Waals surface area (Å²) in [5.41, 5.74) is 0.986. The Labute approximate surface area is 112 Å². The first-order valence-corrected chi connectivity index (χ1v) is 9.11. The Hall–Kier alpha value is -1.22. The number of rotatable bonds is 4. The average Bonchev–Trinajstić information content (AvgIpc) is 2.26. The summed E-state index contributed by atoms with van der Waals surface area (Å²) in [7, 11) is -0.125. The highest BCUT2D eigenvalue weighted by Gasteiger charge is 2.39. The van der Waals surface area contributed by atoms with Crippen LogP contribution in [0.25, 0.3) is 6.08 Å². The molecule has 0 heterocycles. The van der Waals surface area contributed by atoms with Gasteiger partial charge in [0.15, 0.2) is 0 Å². The molecule has 0 aliphatic rings. The molecule has 18 heavy (non-hydrogen) atoms. The molecular formula is C15H24O2Si. The summed E-state index contributed by atoms with van der Waals surface area (Å²) in [5.74, 6) is 1.69. The summed E-state index contributed by atoms with van der Waals surface area (Å²) in [6.07, 6.45) is 1.79. The maximum absolute atomic E-state index is 6.23. The standard InChI is InChI=1S/C15H24O2Si/c1-8-12-9-10-13(11-14(12)16-5)17-18(6,7)15(2,3)4/h8-11H,1H2,2-7H3. The van der Waals surface area contributed by atoms with Gasteiger partial charge in [-0.2, -0.15) is 0 Å². The van der Waals surface area contributed by atoms with Crippen LogP contribution in [0.3, 0.4) is 0 Å². The number of methoxy groups -OCH3 is 1. The molecule has 3 heteroatoms. The number of ether oxygens (including phenoxy) is 1. The van der Waals surface area contributed by atoms with Crippen molar-refractivity contribution in [2.24, 2.45) is 0 Å². The van der Waals surface area contributed by atoms with Crippen LogP contribution in [0.5, 0.6) is 11.5 Å². The van der Waals surface area contributed by atoms with Crippen molar-refractivity contribution in [2.45, 2.75) is 38.9 Å². The van der Waals surface area contributed by atoms with Crippen molar-refractivity contribution < 1.29 is 9.16 Å². The summed E-state index contributed by atoms with van der Waals surface area (Å²) in [4.78, 5) is 0. The summed E-state index contributed by atoms with van der Waals surface area (Å²) in [5, 5.41) is 0.192. The van der Waals surface area contributed by atoms with Gasteiger partial charge in [0.2, 0.25) is 8.32 Å². The fourth-order valence-electron chi connectivity index (χ4n) is 1.37. The van der Waals surface area contributed by atoms with E-state index in [4.69, 9.17) is 9.16 Å². The van der Waals surface area contributed by atoms with Crippen molar-refractivity contribution >= 4 is 14.4 Å². The van der Waals surface area contributed by atoms with Crippen molar-refractivity contribution in [1.29, 1.82) is 0 Å². The van der Waals surface area contributed by atoms with E-state index in [-0.39, 0.29) is 5.04 Å². The first-order chi connectivity index (χ1) is 8.21. The predicted molar refractivity (Wildman–Crippen MR) is 80.9 cm³/mol. The molecule has 0 radical (unpaired) electrons. The molecule has 0 saturated carbocycles. The normalized spacial score (nSPS) is 12.1. The molecule has 0 atom stereocenters. The molecule has 100 valence electrons. The van der Waals surface area contributed by atoms with E-state index in [1.165, 1.54) is 0 Å². The average molecular weight is 264 g/mol. The fourth-order valence-corrected chi connectivity index (χ4v) is 2.39. The van der Waals surface area contributed by atoms with Crippen molar-refractivity contribution in [3.8, 4) is 11.5 Å². The monoisotopic (exact) mass is 264 g/mol. The Balaban J connectivity index is 3.03. The molecule has 0 bridgehead atoms. The van der Waals surface area contributed by atoms with Gasteiger partial charge in [0.1, 0.15) is 11.5 Å². The Bertz CT molecular complexity index is 431. The van der Waals surface area contributed by atoms with Crippen LogP contribution in [0.2, 0.25) is 18.1 Å². The lowest BCUT2D eigenvalue weighted by atomic mass is 10.2. The van der Waals surface area contributed by atoms with E-state index in [0.29, 0.717) is 0 Å². The minimum atomic E-state index is -1.79. The van der Waals surface area contributed by atoms with E-state index < -0.39 is 8.32 Å². The van der Waals surface area contributed by atoms with E-state index in [9.17, 15) is 0 Å². The van der Waals surface area contributed by atoms with E-state index in [1.807, 2.05) is 18.2 Å². The van der Waals surface area contributed by atoms with Crippen LogP contribution < -0.4 is 9.16 Å². The predicted octanol–water partition coefficient (Wildman–Crippen LogP) is 4.72. The summed E-state index contributed by atoms with van der Waals surface area (Å²) < 4.78 is 11.6. The third-order valence-corrected chi connectivity index (χ3v) is 7.96. The maximum Gasteiger partial charge on any atom is 0.250 e. The number of benzene rings is 1. The topological polar surface area (TPSA) is 18.5 Å². The zero-order valence-electron chi connectivity index (χ0n) is 12.3. The number of hydrogen-bond acceptors (Lipinski definition) is 2. The van der Waals surface area contributed by atoms with Gasteiger partial charge in [0.25, 0.3) is 0 Å². The van der Waals surface area contributed by atoms with E-state index in [1.54, 1.807) is 13.2 Å². The van der Waals surface area contributed by atoms with Gasteiger partial charge in [0.05, 0.1) is 7.11 Å². The van der Waals surface area contributed by atoms with E-state index in [2.05, 4.69) is 40.4 Å². The molecule has 0 N–H and O–H groups in total. The summed E-state index contributed by atoms with van der Waals surface area (Å²) in [6, 6.07) is 5.91. The van der Waals surface area contributed by atoms with Gasteiger partial charge in [-0.15, -0.1) is 0 Å². The van der Waals surface area contributed by atoms with Crippen LogP contribution in [0.4, 0.5) is 0 Å². The molecule has 0 aromatic heterocycles. The SMILES string of the molecule is C=Cc1ccc(O[Si](C)(C)C(C)(C)C)cc1OC. The van der Waals surface area contributed by atoms with Crippen molar-refractivity contribution in [1.82, 2.24) is 0 Å². The lowest BCUT2D eigenvalue weighted by molar-refractivity contribution is 0.409. The van der Waals surface area contributed by atoms with Crippen LogP contribution >= 0.6 is 0 Å². The van der Waals surface area contributed by atoms with Crippen LogP contribution in [0.1, 0.15) is 26.3 Å². The molecular weight excluding hydrogens is 240 g/mol. The summed E-state index contributed by atoms with van der Waals surface area (Å²) >= 11 is 0. The zero-order chi connectivity index (χ0) is 14.0. The third-order valence-electron chi connectivity index (χ3n) is 3.60.